The molecule has 0 radical (unpaired) electrons. The highest BCUT2D eigenvalue weighted by Crippen LogP contribution is 2.30. The normalized spacial score (nSPS) is 18.9. The zero-order valence-corrected chi connectivity index (χ0v) is 13.4. The zero-order chi connectivity index (χ0) is 17.4. The van der Waals surface area contributed by atoms with E-state index in [0.717, 1.165) is 6.42 Å². The molecule has 1 fully saturated rings. The molecular formula is C18H16N4O3. The molecule has 0 bridgehead atoms. The summed E-state index contributed by atoms with van der Waals surface area (Å²) in [5.74, 6) is -0.704. The van der Waals surface area contributed by atoms with Crippen molar-refractivity contribution in [2.24, 2.45) is 0 Å². The van der Waals surface area contributed by atoms with Gasteiger partial charge in [0.2, 0.25) is 5.91 Å². The molecule has 3 heterocycles. The van der Waals surface area contributed by atoms with Crippen molar-refractivity contribution >= 4 is 29.1 Å². The van der Waals surface area contributed by atoms with E-state index >= 15 is 0 Å². The van der Waals surface area contributed by atoms with E-state index in [9.17, 15) is 14.4 Å². The second kappa shape index (κ2) is 6.01. The van der Waals surface area contributed by atoms with Gasteiger partial charge in [-0.25, -0.2) is 0 Å². The molecule has 1 aromatic heterocycles. The SMILES string of the molecule is O=C(Nc1ccc2c(c1)C(=O)N1CCCC1C(=O)N2)c1ccccn1. The lowest BCUT2D eigenvalue weighted by Crippen LogP contribution is -2.40. The summed E-state index contributed by atoms with van der Waals surface area (Å²) >= 11 is 0. The number of anilines is 2. The highest BCUT2D eigenvalue weighted by atomic mass is 16.2. The molecule has 1 atom stereocenters. The molecule has 7 heteroatoms. The van der Waals surface area contributed by atoms with Crippen molar-refractivity contribution in [1.82, 2.24) is 9.88 Å². The molecular weight excluding hydrogens is 320 g/mol. The average molecular weight is 336 g/mol. The lowest BCUT2D eigenvalue weighted by atomic mass is 10.1. The van der Waals surface area contributed by atoms with Crippen molar-refractivity contribution in [2.75, 3.05) is 17.2 Å². The Kier molecular flexibility index (Phi) is 3.68. The van der Waals surface area contributed by atoms with Crippen LogP contribution in [0.4, 0.5) is 11.4 Å². The number of pyridine rings is 1. The quantitative estimate of drug-likeness (QED) is 0.876. The first-order valence-corrected chi connectivity index (χ1v) is 8.12. The Morgan fingerprint density at radius 2 is 2.12 bits per heavy atom. The largest absolute Gasteiger partial charge is 0.327 e. The Balaban J connectivity index is 1.64. The maximum atomic E-state index is 12.8. The van der Waals surface area contributed by atoms with Crippen molar-refractivity contribution in [1.29, 1.82) is 0 Å². The standard InChI is InChI=1S/C18H16N4O3/c23-16(14-4-1-2-8-19-14)20-11-6-7-13-12(10-11)18(25)22-9-3-5-15(22)17(24)21-13/h1-2,4,6-8,10,15H,3,5,9H2,(H,20,23)(H,21,24). The van der Waals surface area contributed by atoms with E-state index in [0.29, 0.717) is 29.9 Å². The van der Waals surface area contributed by atoms with Crippen LogP contribution in [0, 0.1) is 0 Å². The van der Waals surface area contributed by atoms with Gasteiger partial charge in [0.15, 0.2) is 0 Å². The Hall–Kier alpha value is -3.22. The summed E-state index contributed by atoms with van der Waals surface area (Å²) in [6.45, 7) is 0.570. The zero-order valence-electron chi connectivity index (χ0n) is 13.4. The molecule has 2 aliphatic rings. The van der Waals surface area contributed by atoms with Crippen molar-refractivity contribution < 1.29 is 14.4 Å². The number of hydrogen-bond donors (Lipinski definition) is 2. The molecule has 2 aromatic rings. The molecule has 1 aromatic carbocycles. The van der Waals surface area contributed by atoms with Crippen LogP contribution in [-0.4, -0.2) is 40.2 Å². The minimum Gasteiger partial charge on any atom is -0.327 e. The number of fused-ring (bicyclic) bond motifs is 2. The van der Waals surface area contributed by atoms with Crippen LogP contribution in [0.25, 0.3) is 0 Å². The van der Waals surface area contributed by atoms with Gasteiger partial charge in [0, 0.05) is 18.4 Å². The Bertz CT molecular complexity index is 866. The monoisotopic (exact) mass is 336 g/mol. The van der Waals surface area contributed by atoms with E-state index in [1.54, 1.807) is 47.5 Å². The van der Waals surface area contributed by atoms with E-state index in [-0.39, 0.29) is 23.4 Å². The van der Waals surface area contributed by atoms with Crippen LogP contribution in [0.1, 0.15) is 33.7 Å². The van der Waals surface area contributed by atoms with Crippen molar-refractivity contribution in [3.63, 3.8) is 0 Å². The Morgan fingerprint density at radius 3 is 2.92 bits per heavy atom. The smallest absolute Gasteiger partial charge is 0.274 e. The average Bonchev–Trinajstić information content (AvgIpc) is 3.09. The van der Waals surface area contributed by atoms with Gasteiger partial charge in [-0.3, -0.25) is 19.4 Å². The third-order valence-corrected chi connectivity index (χ3v) is 4.48. The number of rotatable bonds is 2. The van der Waals surface area contributed by atoms with Gasteiger partial charge >= 0.3 is 0 Å². The highest BCUT2D eigenvalue weighted by Gasteiger charge is 2.38. The molecule has 7 nitrogen and oxygen atoms in total. The second-order valence-electron chi connectivity index (χ2n) is 6.08. The number of aromatic nitrogens is 1. The minimum atomic E-state index is -0.411. The van der Waals surface area contributed by atoms with Gasteiger partial charge in [-0.1, -0.05) is 6.07 Å². The fraction of sp³-hybridized carbons (Fsp3) is 0.222. The van der Waals surface area contributed by atoms with Gasteiger partial charge in [-0.15, -0.1) is 0 Å². The summed E-state index contributed by atoms with van der Waals surface area (Å²) in [7, 11) is 0. The van der Waals surface area contributed by atoms with Crippen LogP contribution < -0.4 is 10.6 Å². The van der Waals surface area contributed by atoms with Crippen LogP contribution in [0.5, 0.6) is 0 Å². The van der Waals surface area contributed by atoms with Crippen LogP contribution in [-0.2, 0) is 4.79 Å². The lowest BCUT2D eigenvalue weighted by molar-refractivity contribution is -0.119. The number of nitrogens with zero attached hydrogens (tertiary/aromatic N) is 2. The summed E-state index contributed by atoms with van der Waals surface area (Å²) in [5, 5.41) is 5.55. The molecule has 126 valence electrons. The summed E-state index contributed by atoms with van der Waals surface area (Å²) in [6.07, 6.45) is 3.03. The fourth-order valence-electron chi connectivity index (χ4n) is 3.25. The van der Waals surface area contributed by atoms with Crippen molar-refractivity contribution in [2.45, 2.75) is 18.9 Å². The van der Waals surface area contributed by atoms with E-state index < -0.39 is 6.04 Å². The van der Waals surface area contributed by atoms with Crippen molar-refractivity contribution in [3.8, 4) is 0 Å². The third kappa shape index (κ3) is 2.73. The number of nitrogens with one attached hydrogen (secondary N) is 2. The fourth-order valence-corrected chi connectivity index (χ4v) is 3.25. The summed E-state index contributed by atoms with van der Waals surface area (Å²) in [5.41, 5.74) is 1.63. The molecule has 3 amide bonds. The molecule has 1 unspecified atom stereocenters. The second-order valence-corrected chi connectivity index (χ2v) is 6.08. The molecule has 1 saturated heterocycles. The van der Waals surface area contributed by atoms with Crippen LogP contribution in [0.2, 0.25) is 0 Å². The number of amides is 3. The van der Waals surface area contributed by atoms with E-state index in [1.807, 2.05) is 0 Å². The number of hydrogen-bond acceptors (Lipinski definition) is 4. The van der Waals surface area contributed by atoms with Gasteiger partial charge in [0.1, 0.15) is 11.7 Å². The predicted octanol–water partition coefficient (Wildman–Crippen LogP) is 1.89. The number of carbonyl (C=O) groups is 3. The minimum absolute atomic E-state index is 0.158. The molecule has 0 aliphatic carbocycles. The maximum Gasteiger partial charge on any atom is 0.274 e. The molecule has 0 saturated carbocycles. The summed E-state index contributed by atoms with van der Waals surface area (Å²) in [6, 6.07) is 9.55. The van der Waals surface area contributed by atoms with Crippen LogP contribution in [0.3, 0.4) is 0 Å². The first-order valence-electron chi connectivity index (χ1n) is 8.12. The molecule has 0 spiro atoms. The van der Waals surface area contributed by atoms with Crippen molar-refractivity contribution in [3.05, 3.63) is 53.9 Å². The summed E-state index contributed by atoms with van der Waals surface area (Å²) < 4.78 is 0. The van der Waals surface area contributed by atoms with E-state index in [1.165, 1.54) is 0 Å². The molecule has 25 heavy (non-hydrogen) atoms. The third-order valence-electron chi connectivity index (χ3n) is 4.48. The molecule has 4 rings (SSSR count). The Labute approximate surface area is 144 Å². The molecule has 2 N–H and O–H groups in total. The van der Waals surface area contributed by atoms with Gasteiger partial charge < -0.3 is 15.5 Å². The van der Waals surface area contributed by atoms with Gasteiger partial charge in [0.25, 0.3) is 11.8 Å². The Morgan fingerprint density at radius 1 is 1.24 bits per heavy atom. The van der Waals surface area contributed by atoms with Crippen LogP contribution >= 0.6 is 0 Å². The first-order chi connectivity index (χ1) is 12.1. The van der Waals surface area contributed by atoms with Gasteiger partial charge in [-0.05, 0) is 43.2 Å². The van der Waals surface area contributed by atoms with Gasteiger partial charge in [0.05, 0.1) is 11.3 Å². The lowest BCUT2D eigenvalue weighted by Gasteiger charge is -2.20. The maximum absolute atomic E-state index is 12.8. The number of benzene rings is 1. The first kappa shape index (κ1) is 15.3. The number of carbonyl (C=O) groups excluding carboxylic acids is 3. The molecule has 2 aliphatic heterocycles. The van der Waals surface area contributed by atoms with E-state index in [4.69, 9.17) is 0 Å². The van der Waals surface area contributed by atoms with E-state index in [2.05, 4.69) is 15.6 Å². The summed E-state index contributed by atoms with van der Waals surface area (Å²) in [4.78, 5) is 42.9. The predicted molar refractivity (Wildman–Crippen MR) is 91.3 cm³/mol. The van der Waals surface area contributed by atoms with Crippen LogP contribution in [0.15, 0.2) is 42.6 Å². The van der Waals surface area contributed by atoms with Gasteiger partial charge in [-0.2, -0.15) is 0 Å². The topological polar surface area (TPSA) is 91.4 Å². The highest BCUT2D eigenvalue weighted by molar-refractivity contribution is 6.11.